The number of nitrogens with zero attached hydrogens (tertiary/aromatic N) is 1. The molecule has 1 aliphatic carbocycles. The number of carbonyl (C=O) groups is 1. The number of benzene rings is 3. The fourth-order valence-corrected chi connectivity index (χ4v) is 4.59. The van der Waals surface area contributed by atoms with Crippen LogP contribution in [0.15, 0.2) is 77.2 Å². The van der Waals surface area contributed by atoms with Crippen molar-refractivity contribution in [2.24, 2.45) is 11.8 Å². The number of para-hydroxylation sites is 2. The van der Waals surface area contributed by atoms with E-state index in [0.29, 0.717) is 12.4 Å². The molecule has 3 aromatic carbocycles. The maximum Gasteiger partial charge on any atom is 0.306 e. The van der Waals surface area contributed by atoms with Crippen LogP contribution in [0.5, 0.6) is 0 Å². The first-order chi connectivity index (χ1) is 15.6. The van der Waals surface area contributed by atoms with Gasteiger partial charge in [0.1, 0.15) is 5.52 Å². The Morgan fingerprint density at radius 3 is 2.34 bits per heavy atom. The molecule has 5 rings (SSSR count). The van der Waals surface area contributed by atoms with Gasteiger partial charge in [0.15, 0.2) is 5.58 Å². The van der Waals surface area contributed by atoms with Crippen molar-refractivity contribution < 1.29 is 19.4 Å². The average molecular weight is 428 g/mol. The molecule has 0 spiro atoms. The van der Waals surface area contributed by atoms with Crippen molar-refractivity contribution in [3.8, 4) is 11.1 Å². The Morgan fingerprint density at radius 1 is 0.969 bits per heavy atom. The zero-order valence-electron chi connectivity index (χ0n) is 17.4. The first kappa shape index (κ1) is 20.3. The molecular formula is C26H24N2O4. The number of aromatic nitrogens is 1. The van der Waals surface area contributed by atoms with Crippen molar-refractivity contribution in [2.45, 2.75) is 25.4 Å². The van der Waals surface area contributed by atoms with E-state index in [-0.39, 0.29) is 5.92 Å². The first-order valence-electron chi connectivity index (χ1n) is 10.8. The maximum atomic E-state index is 11.4. The van der Waals surface area contributed by atoms with E-state index >= 15 is 0 Å². The summed E-state index contributed by atoms with van der Waals surface area (Å²) in [5, 5.41) is 23.3. The van der Waals surface area contributed by atoms with Gasteiger partial charge in [-0.1, -0.05) is 55.0 Å². The number of rotatable bonds is 6. The number of anilines is 2. The molecule has 32 heavy (non-hydrogen) atoms. The van der Waals surface area contributed by atoms with Crippen molar-refractivity contribution in [1.82, 2.24) is 4.98 Å². The lowest BCUT2D eigenvalue weighted by Gasteiger charge is -2.22. The monoisotopic (exact) mass is 428 g/mol. The van der Waals surface area contributed by atoms with Gasteiger partial charge in [0.25, 0.3) is 6.01 Å². The van der Waals surface area contributed by atoms with Crippen molar-refractivity contribution in [3.63, 3.8) is 0 Å². The number of carboxylic acids is 1. The SMILES string of the molecule is O=C(O)[C@@H]1CCC[C@H]1C(O)c1ccc(-c2ccc(Nc3nc4ccccc4o3)cc2)cc1. The van der Waals surface area contributed by atoms with Gasteiger partial charge in [-0.05, 0) is 53.8 Å². The minimum atomic E-state index is -0.810. The van der Waals surface area contributed by atoms with Gasteiger partial charge in [-0.15, -0.1) is 0 Å². The summed E-state index contributed by atoms with van der Waals surface area (Å²) in [4.78, 5) is 15.9. The van der Waals surface area contributed by atoms with Gasteiger partial charge in [-0.25, -0.2) is 0 Å². The van der Waals surface area contributed by atoms with Gasteiger partial charge in [0.2, 0.25) is 0 Å². The van der Waals surface area contributed by atoms with Crippen LogP contribution < -0.4 is 5.32 Å². The lowest BCUT2D eigenvalue weighted by atomic mass is 9.86. The number of hydrogen-bond acceptors (Lipinski definition) is 5. The van der Waals surface area contributed by atoms with Crippen molar-refractivity contribution in [3.05, 3.63) is 78.4 Å². The van der Waals surface area contributed by atoms with Crippen LogP contribution in [0.25, 0.3) is 22.2 Å². The predicted octanol–water partition coefficient (Wildman–Crippen LogP) is 5.77. The molecule has 3 atom stereocenters. The molecule has 0 saturated heterocycles. The Labute approximate surface area is 185 Å². The second kappa shape index (κ2) is 8.48. The van der Waals surface area contributed by atoms with Crippen LogP contribution in [-0.2, 0) is 4.79 Å². The summed E-state index contributed by atoms with van der Waals surface area (Å²) in [7, 11) is 0. The highest BCUT2D eigenvalue weighted by atomic mass is 16.4. The summed E-state index contributed by atoms with van der Waals surface area (Å²) < 4.78 is 5.70. The van der Waals surface area contributed by atoms with Crippen LogP contribution in [-0.4, -0.2) is 21.2 Å². The zero-order valence-corrected chi connectivity index (χ0v) is 17.4. The predicted molar refractivity (Wildman–Crippen MR) is 123 cm³/mol. The van der Waals surface area contributed by atoms with Gasteiger partial charge in [-0.2, -0.15) is 4.98 Å². The van der Waals surface area contributed by atoms with E-state index in [1.807, 2.05) is 72.8 Å². The fraction of sp³-hybridized carbons (Fsp3) is 0.231. The van der Waals surface area contributed by atoms with Crippen LogP contribution in [0.3, 0.4) is 0 Å². The molecule has 0 radical (unpaired) electrons. The van der Waals surface area contributed by atoms with Crippen molar-refractivity contribution in [2.75, 3.05) is 5.32 Å². The molecule has 3 N–H and O–H groups in total. The van der Waals surface area contributed by atoms with Crippen LogP contribution in [0.2, 0.25) is 0 Å². The average Bonchev–Trinajstić information content (AvgIpc) is 3.46. The normalized spacial score (nSPS) is 19.2. The van der Waals surface area contributed by atoms with Crippen LogP contribution in [0, 0.1) is 11.8 Å². The van der Waals surface area contributed by atoms with E-state index in [2.05, 4.69) is 10.3 Å². The largest absolute Gasteiger partial charge is 0.481 e. The highest BCUT2D eigenvalue weighted by Crippen LogP contribution is 2.40. The fourth-order valence-electron chi connectivity index (χ4n) is 4.59. The smallest absolute Gasteiger partial charge is 0.306 e. The van der Waals surface area contributed by atoms with Crippen molar-refractivity contribution >= 4 is 28.8 Å². The molecule has 162 valence electrons. The van der Waals surface area contributed by atoms with E-state index < -0.39 is 18.0 Å². The third-order valence-corrected chi connectivity index (χ3v) is 6.31. The second-order valence-corrected chi connectivity index (χ2v) is 8.30. The first-order valence-corrected chi connectivity index (χ1v) is 10.8. The summed E-state index contributed by atoms with van der Waals surface area (Å²) in [5.74, 6) is -1.50. The van der Waals surface area contributed by atoms with E-state index in [0.717, 1.165) is 46.3 Å². The molecule has 0 bridgehead atoms. The van der Waals surface area contributed by atoms with Crippen LogP contribution in [0.4, 0.5) is 11.7 Å². The number of aliphatic hydroxyl groups is 1. The number of oxazole rings is 1. The maximum absolute atomic E-state index is 11.4. The van der Waals surface area contributed by atoms with Gasteiger partial charge < -0.3 is 19.9 Å². The molecule has 1 aromatic heterocycles. The number of aliphatic hydroxyl groups excluding tert-OH is 1. The molecule has 1 saturated carbocycles. The number of nitrogens with one attached hydrogen (secondary N) is 1. The molecule has 1 unspecified atom stereocenters. The molecule has 1 heterocycles. The third-order valence-electron chi connectivity index (χ3n) is 6.31. The summed E-state index contributed by atoms with van der Waals surface area (Å²) >= 11 is 0. The van der Waals surface area contributed by atoms with E-state index in [4.69, 9.17) is 4.42 Å². The summed E-state index contributed by atoms with van der Waals surface area (Å²) in [6.45, 7) is 0. The number of hydrogen-bond donors (Lipinski definition) is 3. The quantitative estimate of drug-likeness (QED) is 0.361. The highest BCUT2D eigenvalue weighted by Gasteiger charge is 2.37. The highest BCUT2D eigenvalue weighted by molar-refractivity contribution is 5.75. The van der Waals surface area contributed by atoms with Gasteiger partial charge in [0, 0.05) is 11.6 Å². The lowest BCUT2D eigenvalue weighted by Crippen LogP contribution is -2.23. The Balaban J connectivity index is 1.28. The summed E-state index contributed by atoms with van der Waals surface area (Å²) in [6, 6.07) is 23.7. The molecular weight excluding hydrogens is 404 g/mol. The molecule has 1 aliphatic rings. The molecule has 6 heteroatoms. The number of fused-ring (bicyclic) bond motifs is 1. The lowest BCUT2D eigenvalue weighted by molar-refractivity contribution is -0.144. The number of carboxylic acid groups (broad SMARTS) is 1. The summed E-state index contributed by atoms with van der Waals surface area (Å²) in [5.41, 5.74) is 5.24. The molecule has 6 nitrogen and oxygen atoms in total. The number of aliphatic carboxylic acids is 1. The second-order valence-electron chi connectivity index (χ2n) is 8.30. The van der Waals surface area contributed by atoms with E-state index in [1.165, 1.54) is 0 Å². The van der Waals surface area contributed by atoms with Gasteiger partial charge >= 0.3 is 5.97 Å². The van der Waals surface area contributed by atoms with Crippen LogP contribution in [0.1, 0.15) is 30.9 Å². The standard InChI is InChI=1S/C26H24N2O4/c29-24(20-4-3-5-21(20)25(30)31)18-10-8-16(9-11-18)17-12-14-19(15-13-17)27-26-28-22-6-1-2-7-23(22)32-26/h1-2,6-15,20-21,24,29H,3-5H2,(H,27,28)(H,30,31)/t20-,21-,24?/m1/s1. The molecule has 0 amide bonds. The Hall–Kier alpha value is -3.64. The summed E-state index contributed by atoms with van der Waals surface area (Å²) in [6.07, 6.45) is 1.48. The van der Waals surface area contributed by atoms with E-state index in [1.54, 1.807) is 0 Å². The molecule has 0 aliphatic heterocycles. The Morgan fingerprint density at radius 2 is 1.66 bits per heavy atom. The van der Waals surface area contributed by atoms with Crippen LogP contribution >= 0.6 is 0 Å². The molecule has 1 fully saturated rings. The topological polar surface area (TPSA) is 95.6 Å². The molecule has 4 aromatic rings. The Bertz CT molecular complexity index is 1200. The van der Waals surface area contributed by atoms with Gasteiger partial charge in [-0.3, -0.25) is 4.79 Å². The van der Waals surface area contributed by atoms with Crippen molar-refractivity contribution in [1.29, 1.82) is 0 Å². The minimum absolute atomic E-state index is 0.226. The Kier molecular flexibility index (Phi) is 5.37. The minimum Gasteiger partial charge on any atom is -0.481 e. The zero-order chi connectivity index (χ0) is 22.1. The van der Waals surface area contributed by atoms with E-state index in [9.17, 15) is 15.0 Å². The van der Waals surface area contributed by atoms with Gasteiger partial charge in [0.05, 0.1) is 12.0 Å². The third kappa shape index (κ3) is 3.97.